The first-order valence-corrected chi connectivity index (χ1v) is 11.5. The van der Waals surface area contributed by atoms with Crippen LogP contribution in [-0.4, -0.2) is 53.6 Å². The van der Waals surface area contributed by atoms with Crippen LogP contribution in [0.15, 0.2) is 14.8 Å². The molecule has 160 valence electrons. The van der Waals surface area contributed by atoms with E-state index in [1.807, 2.05) is 20.8 Å². The van der Waals surface area contributed by atoms with Crippen molar-refractivity contribution in [1.82, 2.24) is 25.5 Å². The van der Waals surface area contributed by atoms with Gasteiger partial charge in [-0.3, -0.25) is 9.89 Å². The van der Waals surface area contributed by atoms with Gasteiger partial charge >= 0.3 is 0 Å². The van der Waals surface area contributed by atoms with E-state index >= 15 is 0 Å². The number of likely N-dealkylation sites (tertiary alicyclic amines) is 1. The van der Waals surface area contributed by atoms with Gasteiger partial charge in [0.05, 0.1) is 22.9 Å². The molecule has 0 radical (unpaired) electrons. The monoisotopic (exact) mass is 418 g/mol. The van der Waals surface area contributed by atoms with E-state index in [0.29, 0.717) is 5.92 Å². The van der Waals surface area contributed by atoms with Crippen molar-refractivity contribution in [2.45, 2.75) is 53.5 Å². The summed E-state index contributed by atoms with van der Waals surface area (Å²) in [7, 11) is 0. The zero-order chi connectivity index (χ0) is 20.6. The summed E-state index contributed by atoms with van der Waals surface area (Å²) in [5, 5.41) is 10.1. The Kier molecular flexibility index (Phi) is 8.06. The average molecular weight is 419 g/mol. The van der Waals surface area contributed by atoms with Gasteiger partial charge in [0.15, 0.2) is 5.96 Å². The summed E-state index contributed by atoms with van der Waals surface area (Å²) in [5.74, 6) is 3.31. The van der Waals surface area contributed by atoms with E-state index < -0.39 is 0 Å². The maximum atomic E-state index is 5.73. The molecule has 0 saturated carbocycles. The third-order valence-electron chi connectivity index (χ3n) is 5.33. The Bertz CT molecular complexity index is 771. The predicted octanol–water partition coefficient (Wildman–Crippen LogP) is 3.07. The number of oxazole rings is 1. The predicted molar refractivity (Wildman–Crippen MR) is 119 cm³/mol. The quantitative estimate of drug-likeness (QED) is 0.507. The summed E-state index contributed by atoms with van der Waals surface area (Å²) in [6.45, 7) is 13.7. The lowest BCUT2D eigenvalue weighted by molar-refractivity contribution is 0.166. The van der Waals surface area contributed by atoms with Crippen LogP contribution in [0.1, 0.15) is 47.8 Å². The molecule has 2 N–H and O–H groups in total. The average Bonchev–Trinajstić information content (AvgIpc) is 3.25. The van der Waals surface area contributed by atoms with Gasteiger partial charge in [0.2, 0.25) is 5.89 Å². The van der Waals surface area contributed by atoms with Crippen LogP contribution >= 0.6 is 11.3 Å². The number of aryl methyl sites for hydroxylation is 3. The minimum Gasteiger partial charge on any atom is -0.444 e. The van der Waals surface area contributed by atoms with Gasteiger partial charge in [0.25, 0.3) is 0 Å². The molecule has 2 aromatic rings. The van der Waals surface area contributed by atoms with Crippen molar-refractivity contribution in [2.24, 2.45) is 10.9 Å². The summed E-state index contributed by atoms with van der Waals surface area (Å²) in [4.78, 5) is 16.3. The van der Waals surface area contributed by atoms with Crippen LogP contribution in [0.25, 0.3) is 0 Å². The molecule has 0 aromatic carbocycles. The molecular formula is C21H34N6OS. The van der Waals surface area contributed by atoms with Gasteiger partial charge in [0.1, 0.15) is 5.76 Å². The van der Waals surface area contributed by atoms with Crippen LogP contribution in [0, 0.1) is 26.7 Å². The second-order valence-electron chi connectivity index (χ2n) is 7.72. The summed E-state index contributed by atoms with van der Waals surface area (Å²) in [5.41, 5.74) is 2.15. The number of aromatic nitrogens is 2. The van der Waals surface area contributed by atoms with E-state index in [9.17, 15) is 0 Å². The molecule has 29 heavy (non-hydrogen) atoms. The second kappa shape index (κ2) is 10.7. The minimum absolute atomic E-state index is 0.635. The summed E-state index contributed by atoms with van der Waals surface area (Å²) in [6.07, 6.45) is 3.26. The Morgan fingerprint density at radius 2 is 2.03 bits per heavy atom. The van der Waals surface area contributed by atoms with Crippen molar-refractivity contribution in [1.29, 1.82) is 0 Å². The molecule has 1 aliphatic rings. The number of hydrogen-bond acceptors (Lipinski definition) is 6. The number of rotatable bonds is 8. The largest absolute Gasteiger partial charge is 0.444 e. The Hall–Kier alpha value is -1.93. The molecule has 0 unspecified atom stereocenters. The number of guanidine groups is 1. The minimum atomic E-state index is 0.635. The number of piperidine rings is 1. The molecular weight excluding hydrogens is 384 g/mol. The van der Waals surface area contributed by atoms with Crippen LogP contribution in [0.3, 0.4) is 0 Å². The summed E-state index contributed by atoms with van der Waals surface area (Å²) in [6, 6.07) is 0. The molecule has 3 rings (SSSR count). The first-order chi connectivity index (χ1) is 14.0. The van der Waals surface area contributed by atoms with Crippen LogP contribution in [0.2, 0.25) is 0 Å². The summed E-state index contributed by atoms with van der Waals surface area (Å²) >= 11 is 1.71. The van der Waals surface area contributed by atoms with Gasteiger partial charge in [-0.25, -0.2) is 9.97 Å². The third kappa shape index (κ3) is 6.82. The molecule has 3 heterocycles. The van der Waals surface area contributed by atoms with E-state index in [1.165, 1.54) is 12.8 Å². The zero-order valence-electron chi connectivity index (χ0n) is 18.1. The lowest BCUT2D eigenvalue weighted by atomic mass is 9.97. The van der Waals surface area contributed by atoms with E-state index in [-0.39, 0.29) is 0 Å². The molecule has 0 atom stereocenters. The van der Waals surface area contributed by atoms with E-state index in [4.69, 9.17) is 9.41 Å². The van der Waals surface area contributed by atoms with Crippen molar-refractivity contribution >= 4 is 17.3 Å². The first-order valence-electron chi connectivity index (χ1n) is 10.6. The van der Waals surface area contributed by atoms with Gasteiger partial charge in [-0.15, -0.1) is 11.3 Å². The highest BCUT2D eigenvalue weighted by Crippen LogP contribution is 2.20. The molecule has 1 aliphatic heterocycles. The van der Waals surface area contributed by atoms with Crippen molar-refractivity contribution < 1.29 is 4.42 Å². The Balaban J connectivity index is 1.40. The van der Waals surface area contributed by atoms with Gasteiger partial charge < -0.3 is 15.1 Å². The van der Waals surface area contributed by atoms with Crippen LogP contribution in [0.4, 0.5) is 0 Å². The highest BCUT2D eigenvalue weighted by molar-refractivity contribution is 7.09. The van der Waals surface area contributed by atoms with Gasteiger partial charge in [-0.05, 0) is 59.5 Å². The third-order valence-corrected chi connectivity index (χ3v) is 6.15. The molecule has 0 bridgehead atoms. The fourth-order valence-corrected chi connectivity index (χ4v) is 4.17. The van der Waals surface area contributed by atoms with Crippen molar-refractivity contribution in [2.75, 3.05) is 32.7 Å². The van der Waals surface area contributed by atoms with Gasteiger partial charge in [0, 0.05) is 31.4 Å². The van der Waals surface area contributed by atoms with Crippen molar-refractivity contribution in [3.8, 4) is 0 Å². The number of thiazole rings is 1. The highest BCUT2D eigenvalue weighted by Gasteiger charge is 2.21. The Labute approximate surface area is 178 Å². The maximum absolute atomic E-state index is 5.73. The smallest absolute Gasteiger partial charge is 0.208 e. The zero-order valence-corrected chi connectivity index (χ0v) is 18.9. The number of nitrogens with zero attached hydrogens (tertiary/aromatic N) is 4. The fraction of sp³-hybridized carbons (Fsp3) is 0.667. The molecule has 0 spiro atoms. The molecule has 1 fully saturated rings. The highest BCUT2D eigenvalue weighted by atomic mass is 32.1. The Morgan fingerprint density at radius 3 is 2.66 bits per heavy atom. The van der Waals surface area contributed by atoms with Crippen LogP contribution in [0.5, 0.6) is 0 Å². The van der Waals surface area contributed by atoms with E-state index in [0.717, 1.165) is 79.7 Å². The van der Waals surface area contributed by atoms with Crippen molar-refractivity contribution in [3.63, 3.8) is 0 Å². The summed E-state index contributed by atoms with van der Waals surface area (Å²) < 4.78 is 5.73. The number of nitrogens with one attached hydrogen (secondary N) is 2. The molecule has 0 amide bonds. The number of aliphatic imine (C=N–C) groups is 1. The topological polar surface area (TPSA) is 78.6 Å². The maximum Gasteiger partial charge on any atom is 0.208 e. The first kappa shape index (κ1) is 21.8. The van der Waals surface area contributed by atoms with Crippen LogP contribution < -0.4 is 10.6 Å². The standard InChI is InChI=1S/C21H34N6OS/c1-5-22-21(23-9-6-19-14-29-17(4)26-19)24-12-18-7-10-27(11-8-18)13-20-25-15(2)16(3)28-20/h14,18H,5-13H2,1-4H3,(H2,22,23,24). The molecule has 8 heteroatoms. The van der Waals surface area contributed by atoms with Gasteiger partial charge in [-0.2, -0.15) is 0 Å². The normalized spacial score (nSPS) is 16.3. The van der Waals surface area contributed by atoms with Crippen LogP contribution in [-0.2, 0) is 13.0 Å². The second-order valence-corrected chi connectivity index (χ2v) is 8.79. The van der Waals surface area contributed by atoms with E-state index in [1.54, 1.807) is 11.3 Å². The van der Waals surface area contributed by atoms with E-state index in [2.05, 4.69) is 37.8 Å². The number of hydrogen-bond donors (Lipinski definition) is 2. The molecule has 2 aromatic heterocycles. The molecule has 0 aliphatic carbocycles. The SMILES string of the molecule is CCNC(=NCC1CCN(Cc2nc(C)c(C)o2)CC1)NCCc1csc(C)n1. The Morgan fingerprint density at radius 1 is 1.24 bits per heavy atom. The lowest BCUT2D eigenvalue weighted by Gasteiger charge is -2.30. The van der Waals surface area contributed by atoms with Crippen molar-refractivity contribution in [3.05, 3.63) is 33.4 Å². The lowest BCUT2D eigenvalue weighted by Crippen LogP contribution is -2.39. The molecule has 7 nitrogen and oxygen atoms in total. The fourth-order valence-electron chi connectivity index (χ4n) is 3.52. The van der Waals surface area contributed by atoms with Gasteiger partial charge in [-0.1, -0.05) is 0 Å². The molecule has 1 saturated heterocycles.